The lowest BCUT2D eigenvalue weighted by Crippen LogP contribution is -2.35. The van der Waals surface area contributed by atoms with E-state index in [0.717, 1.165) is 23.6 Å². The predicted molar refractivity (Wildman–Crippen MR) is 309 cm³/mol. The molecule has 7 rings (SSSR count). The number of sulfonamides is 1. The number of alkyl halides is 2. The molecule has 2 unspecified atom stereocenters. The fraction of sp³-hybridized carbons (Fsp3) is 0.358. The van der Waals surface area contributed by atoms with Gasteiger partial charge in [-0.2, -0.15) is 8.78 Å². The first-order valence-electron chi connectivity index (χ1n) is 24.6. The molecule has 29 heteroatoms. The van der Waals surface area contributed by atoms with E-state index in [2.05, 4.69) is 40.8 Å². The number of allylic oxidation sites excluding steroid dienone is 1. The van der Waals surface area contributed by atoms with Gasteiger partial charge in [0.25, 0.3) is 0 Å². The van der Waals surface area contributed by atoms with Crippen molar-refractivity contribution in [1.82, 2.24) is 10.3 Å². The van der Waals surface area contributed by atoms with Gasteiger partial charge in [-0.25, -0.2) is 41.3 Å². The highest BCUT2D eigenvalue weighted by atomic mass is 35.5. The van der Waals surface area contributed by atoms with E-state index in [1.807, 2.05) is 0 Å². The van der Waals surface area contributed by atoms with E-state index in [1.165, 1.54) is 61.1 Å². The normalized spacial score (nSPS) is 14.6. The van der Waals surface area contributed by atoms with Gasteiger partial charge >= 0.3 is 30.0 Å². The number of benzene rings is 4. The Balaban J connectivity index is 0.000000283. The Morgan fingerprint density at radius 3 is 2.18 bits per heavy atom. The molecule has 0 saturated heterocycles. The number of aliphatic carboxylic acids is 1. The van der Waals surface area contributed by atoms with Gasteiger partial charge in [-0.1, -0.05) is 79.9 Å². The number of aromatic carboxylic acids is 1. The van der Waals surface area contributed by atoms with Crippen LogP contribution in [0.5, 0.6) is 11.5 Å². The first-order valence-corrected chi connectivity index (χ1v) is 29.4. The highest BCUT2D eigenvalue weighted by Gasteiger charge is 2.40. The molecule has 0 fully saturated rings. The fourth-order valence-corrected chi connectivity index (χ4v) is 11.1. The van der Waals surface area contributed by atoms with Crippen LogP contribution >= 0.6 is 34.5 Å². The molecule has 1 aromatic heterocycles. The molecule has 0 spiro atoms. The number of phenols is 1. The van der Waals surface area contributed by atoms with Gasteiger partial charge in [0.1, 0.15) is 22.0 Å². The summed E-state index contributed by atoms with van der Waals surface area (Å²) in [6.45, 7) is 11.4. The van der Waals surface area contributed by atoms with Gasteiger partial charge < -0.3 is 56.8 Å². The van der Waals surface area contributed by atoms with Crippen LogP contribution in [0.4, 0.5) is 25.3 Å². The molecule has 0 aliphatic carbocycles. The molecule has 4 aromatic carbocycles. The van der Waals surface area contributed by atoms with Gasteiger partial charge in [-0.15, -0.1) is 0 Å². The van der Waals surface area contributed by atoms with Crippen LogP contribution in [-0.4, -0.2) is 113 Å². The number of anilines is 2. The number of nitrogens with one attached hydrogen (secondary N) is 1. The van der Waals surface area contributed by atoms with E-state index in [9.17, 15) is 44.8 Å². The lowest BCUT2D eigenvalue weighted by Gasteiger charge is -2.31. The number of esters is 2. The van der Waals surface area contributed by atoms with Gasteiger partial charge in [0.2, 0.25) is 10.0 Å². The number of methoxy groups -OCH3 is 1. The van der Waals surface area contributed by atoms with Crippen LogP contribution in [0.15, 0.2) is 110 Å². The molecule has 0 radical (unpaired) electrons. The summed E-state index contributed by atoms with van der Waals surface area (Å²) in [4.78, 5) is 53.4. The zero-order valence-corrected chi connectivity index (χ0v) is 49.5. The van der Waals surface area contributed by atoms with Crippen molar-refractivity contribution in [1.29, 1.82) is 0 Å². The average molecular weight is 1250 g/mol. The van der Waals surface area contributed by atoms with Crippen LogP contribution < -0.4 is 32.4 Å². The number of carbonyl (C=O) groups excluding carboxylic acids is 2. The van der Waals surface area contributed by atoms with Crippen molar-refractivity contribution in [3.05, 3.63) is 117 Å². The molecule has 22 nitrogen and oxygen atoms in total. The van der Waals surface area contributed by atoms with E-state index < -0.39 is 60.7 Å². The standard InChI is InChI=1S/C20H25ClN2O5.C9H8F2N2OS.C9H18O2.C8H7ClN2O4S2.C7H7NO3/c1-4-28-20(25)18-15(11-27-10-9-22)23-12(2)16(19(24)26-3)17(18)13-7-5-6-8-14(13)21;1-9(10,11)14-5-2-3-6-7(4-5)15-8(12)13-6;1-4-8(5-7(2)3)6-9(10)11;9-5-3-6-8(4-7(5)17(10,14)15)16(12,13)2-1-11-6;8-4-1-2-6(9)5(3-4)7(10)11/h5-8,17,23H,4,9-11,22H2,1-3H3;2-4H,1H3,(H2,12,13);7-8H,4-6H2,1-3H3,(H,10,11);1,3-4H,2H2,(H2,10,14,15);1-3,9H,8H2,(H,10,11). The number of hydrogen-bond acceptors (Lipinski definition) is 20. The number of rotatable bonds is 17. The topological polar surface area (TPSA) is 376 Å². The van der Waals surface area contributed by atoms with Crippen LogP contribution in [0.3, 0.4) is 0 Å². The fourth-order valence-electron chi connectivity index (χ4n) is 7.76. The van der Waals surface area contributed by atoms with Crippen molar-refractivity contribution >= 4 is 111 Å². The summed E-state index contributed by atoms with van der Waals surface area (Å²) in [7, 11) is -6.34. The highest BCUT2D eigenvalue weighted by molar-refractivity contribution is 7.92. The van der Waals surface area contributed by atoms with E-state index in [4.69, 9.17) is 75.1 Å². The first kappa shape index (κ1) is 69.3. The average Bonchev–Trinajstić information content (AvgIpc) is 3.92. The molecule has 2 atom stereocenters. The summed E-state index contributed by atoms with van der Waals surface area (Å²) in [5, 5.41) is 34.7. The third-order valence-electron chi connectivity index (χ3n) is 11.2. The SMILES string of the molecule is CC(F)(F)Oc1ccc2nc(N)sc2c1.CCC(CC(=O)O)CC(C)C.CCOC(=O)C1=C(COCCN)NC(C)=C(C(=O)OC)C1c1ccccc1Cl.NS(=O)(=O)c1cc2c(cc1Cl)N=CCS2(=O)=O.Nc1ccc(O)c(C(=O)O)c1. The lowest BCUT2D eigenvalue weighted by molar-refractivity contribution is -0.159. The Morgan fingerprint density at radius 1 is 0.963 bits per heavy atom. The summed E-state index contributed by atoms with van der Waals surface area (Å²) >= 11 is 13.4. The molecule has 0 bridgehead atoms. The van der Waals surface area contributed by atoms with Crippen LogP contribution in [0, 0.1) is 11.8 Å². The predicted octanol–water partition coefficient (Wildman–Crippen LogP) is 8.82. The number of carboxylic acid groups (broad SMARTS) is 2. The lowest BCUT2D eigenvalue weighted by atomic mass is 9.80. The van der Waals surface area contributed by atoms with Gasteiger partial charge in [0.15, 0.2) is 15.0 Å². The molecule has 12 N–H and O–H groups in total. The van der Waals surface area contributed by atoms with Crippen molar-refractivity contribution in [2.24, 2.45) is 27.7 Å². The number of fused-ring (bicyclic) bond motifs is 2. The number of aliphatic imine (C=N–C) groups is 1. The zero-order chi connectivity index (χ0) is 61.9. The van der Waals surface area contributed by atoms with E-state index in [1.54, 1.807) is 44.2 Å². The maximum atomic E-state index is 12.9. The number of primary sulfonamides is 1. The van der Waals surface area contributed by atoms with Gasteiger partial charge in [-0.05, 0) is 92.3 Å². The number of sulfone groups is 1. The molecule has 82 heavy (non-hydrogen) atoms. The molecule has 5 aromatic rings. The third kappa shape index (κ3) is 21.1. The van der Waals surface area contributed by atoms with Crippen molar-refractivity contribution in [3.8, 4) is 11.5 Å². The Hall–Kier alpha value is -6.98. The van der Waals surface area contributed by atoms with E-state index in [-0.39, 0.29) is 57.2 Å². The number of carbonyl (C=O) groups is 4. The first-order chi connectivity index (χ1) is 38.3. The van der Waals surface area contributed by atoms with Gasteiger partial charge in [-0.3, -0.25) is 9.79 Å². The smallest absolute Gasteiger partial charge is 0.394 e. The summed E-state index contributed by atoms with van der Waals surface area (Å²) in [6, 6.07) is 17.6. The summed E-state index contributed by atoms with van der Waals surface area (Å²) in [5.41, 5.74) is 19.4. The molecule has 448 valence electrons. The molecule has 2 aliphatic rings. The minimum absolute atomic E-state index is 0.109. The second-order valence-electron chi connectivity index (χ2n) is 18.1. The van der Waals surface area contributed by atoms with Crippen molar-refractivity contribution in [2.75, 3.05) is 50.7 Å². The number of ether oxygens (including phenoxy) is 4. The molecule has 3 heterocycles. The van der Waals surface area contributed by atoms with Crippen molar-refractivity contribution in [3.63, 3.8) is 0 Å². The largest absolute Gasteiger partial charge is 0.507 e. The minimum atomic E-state index is -4.07. The highest BCUT2D eigenvalue weighted by Crippen LogP contribution is 2.42. The molecular weight excluding hydrogens is 1180 g/mol. The van der Waals surface area contributed by atoms with Gasteiger partial charge in [0.05, 0.1) is 81.3 Å². The van der Waals surface area contributed by atoms with Crippen LogP contribution in [0.25, 0.3) is 10.2 Å². The summed E-state index contributed by atoms with van der Waals surface area (Å²) < 4.78 is 91.9. The third-order valence-corrected chi connectivity index (χ3v) is 15.4. The van der Waals surface area contributed by atoms with Crippen LogP contribution in [0.2, 0.25) is 10.0 Å². The zero-order valence-electron chi connectivity index (χ0n) is 45.6. The number of thiazole rings is 1. The maximum absolute atomic E-state index is 12.9. The molecular formula is C53H65Cl2F2N7O15S3. The van der Waals surface area contributed by atoms with E-state index >= 15 is 0 Å². The summed E-state index contributed by atoms with van der Waals surface area (Å²) in [6.07, 6.45) is 0.385. The second kappa shape index (κ2) is 31.5. The van der Waals surface area contributed by atoms with E-state index in [0.29, 0.717) is 82.2 Å². The second-order valence-corrected chi connectivity index (χ2v) is 23.5. The van der Waals surface area contributed by atoms with Crippen molar-refractivity contribution in [2.45, 2.75) is 82.6 Å². The molecule has 0 amide bonds. The van der Waals surface area contributed by atoms with Crippen LogP contribution in [0.1, 0.15) is 82.6 Å². The number of halogens is 4. The Bertz CT molecular complexity index is 3410. The number of hydrogen-bond donors (Lipinski definition) is 8. The van der Waals surface area contributed by atoms with Gasteiger partial charge in [0, 0.05) is 42.5 Å². The molecule has 0 saturated carbocycles. The number of nitrogen functional groups attached to an aromatic ring is 2. The number of nitrogens with zero attached hydrogens (tertiary/aromatic N) is 2. The Kier molecular flexibility index (Phi) is 26.6. The maximum Gasteiger partial charge on any atom is 0.394 e. The Labute approximate surface area is 487 Å². The number of dihydropyridines is 1. The monoisotopic (exact) mass is 1240 g/mol. The number of aromatic hydroxyl groups is 1. The molecule has 2 aliphatic heterocycles. The number of nitrogens with two attached hydrogens (primary N) is 4. The van der Waals surface area contributed by atoms with Crippen LogP contribution in [-0.2, 0) is 48.5 Å². The minimum Gasteiger partial charge on any atom is -0.507 e. The Morgan fingerprint density at radius 2 is 1.63 bits per heavy atom. The van der Waals surface area contributed by atoms with Crippen molar-refractivity contribution < 1.29 is 79.1 Å². The quantitative estimate of drug-likeness (QED) is 0.0186. The summed E-state index contributed by atoms with van der Waals surface area (Å²) in [5.74, 6) is -3.17. The number of carboxylic acids is 2. The number of aromatic nitrogens is 1.